The minimum atomic E-state index is -0.502. The molecule has 0 unspecified atom stereocenters. The number of anilines is 1. The number of rotatable bonds is 1. The molecule has 6 nitrogen and oxygen atoms in total. The third-order valence-corrected chi connectivity index (χ3v) is 2.96. The second-order valence-corrected chi connectivity index (χ2v) is 4.46. The van der Waals surface area contributed by atoms with Crippen molar-refractivity contribution in [2.45, 2.75) is 6.92 Å². The predicted molar refractivity (Wildman–Crippen MR) is 75.9 cm³/mol. The lowest BCUT2D eigenvalue weighted by atomic mass is 10.2. The van der Waals surface area contributed by atoms with Crippen LogP contribution in [0.2, 0.25) is 0 Å². The molecule has 0 atom stereocenters. The number of fused-ring (bicyclic) bond motifs is 1. The van der Waals surface area contributed by atoms with E-state index in [1.165, 1.54) is 12.4 Å². The molecule has 1 amide bonds. The Kier molecular flexibility index (Phi) is 2.83. The molecule has 6 heteroatoms. The highest BCUT2D eigenvalue weighted by atomic mass is 16.2. The van der Waals surface area contributed by atoms with Crippen LogP contribution in [0.15, 0.2) is 47.5 Å². The molecule has 0 aliphatic heterocycles. The lowest BCUT2D eigenvalue weighted by molar-refractivity contribution is 0.253. The van der Waals surface area contributed by atoms with Crippen molar-refractivity contribution in [1.29, 1.82) is 0 Å². The van der Waals surface area contributed by atoms with Crippen LogP contribution >= 0.6 is 0 Å². The van der Waals surface area contributed by atoms with Gasteiger partial charge in [-0.25, -0.2) is 14.2 Å². The fourth-order valence-corrected chi connectivity index (χ4v) is 2.06. The minimum absolute atomic E-state index is 0.488. The highest BCUT2D eigenvalue weighted by Gasteiger charge is 2.13. The lowest BCUT2D eigenvalue weighted by Gasteiger charge is -2.06. The number of aryl methyl sites for hydroxylation is 1. The first-order valence-corrected chi connectivity index (χ1v) is 6.08. The average Bonchev–Trinajstić information content (AvgIpc) is 2.74. The van der Waals surface area contributed by atoms with Crippen molar-refractivity contribution in [2.75, 3.05) is 5.32 Å². The van der Waals surface area contributed by atoms with E-state index in [1.807, 2.05) is 25.1 Å². The van der Waals surface area contributed by atoms with Gasteiger partial charge in [0.15, 0.2) is 0 Å². The number of pyridine rings is 1. The fraction of sp³-hybridized carbons (Fsp3) is 0.0714. The second kappa shape index (κ2) is 4.65. The summed E-state index contributed by atoms with van der Waals surface area (Å²) in [5.74, 6) is 0. The van der Waals surface area contributed by atoms with Crippen LogP contribution in [0.25, 0.3) is 11.0 Å². The van der Waals surface area contributed by atoms with E-state index in [1.54, 1.807) is 12.1 Å². The summed E-state index contributed by atoms with van der Waals surface area (Å²) in [6.45, 7) is 1.93. The maximum absolute atomic E-state index is 12.2. The molecule has 0 aliphatic rings. The molecule has 0 saturated heterocycles. The summed E-state index contributed by atoms with van der Waals surface area (Å²) < 4.78 is 1.05. The van der Waals surface area contributed by atoms with E-state index in [0.717, 1.165) is 10.1 Å². The van der Waals surface area contributed by atoms with Gasteiger partial charge in [-0.1, -0.05) is 12.1 Å². The van der Waals surface area contributed by atoms with Gasteiger partial charge in [0.25, 0.3) is 0 Å². The number of nitrogens with zero attached hydrogens (tertiary/aromatic N) is 2. The highest BCUT2D eigenvalue weighted by molar-refractivity contribution is 5.96. The first kappa shape index (κ1) is 12.2. The van der Waals surface area contributed by atoms with Crippen LogP contribution in [-0.2, 0) is 0 Å². The van der Waals surface area contributed by atoms with Crippen molar-refractivity contribution in [1.82, 2.24) is 14.5 Å². The Bertz CT molecular complexity index is 848. The molecule has 0 bridgehead atoms. The van der Waals surface area contributed by atoms with Gasteiger partial charge in [-0.2, -0.15) is 0 Å². The monoisotopic (exact) mass is 268 g/mol. The van der Waals surface area contributed by atoms with Gasteiger partial charge in [-0.3, -0.25) is 4.98 Å². The van der Waals surface area contributed by atoms with Crippen LogP contribution in [0.3, 0.4) is 0 Å². The van der Waals surface area contributed by atoms with Crippen molar-refractivity contribution < 1.29 is 4.79 Å². The maximum Gasteiger partial charge on any atom is 0.334 e. The molecule has 0 saturated carbocycles. The molecule has 2 heterocycles. The molecule has 3 rings (SSSR count). The highest BCUT2D eigenvalue weighted by Crippen LogP contribution is 2.12. The SMILES string of the molecule is Cc1cccc(NC(=O)n2c(=O)[nH]c3cnccc32)c1. The van der Waals surface area contributed by atoms with E-state index in [4.69, 9.17) is 0 Å². The van der Waals surface area contributed by atoms with Gasteiger partial charge >= 0.3 is 11.7 Å². The molecule has 2 aromatic heterocycles. The first-order valence-electron chi connectivity index (χ1n) is 6.08. The molecule has 1 aromatic carbocycles. The average molecular weight is 268 g/mol. The topological polar surface area (TPSA) is 79.8 Å². The standard InChI is InChI=1S/C14H12N4O2/c1-9-3-2-4-10(7-9)16-13(19)18-12-5-6-15-8-11(12)17-14(18)20/h2-8H,1H3,(H,16,19)(H,17,20). The van der Waals surface area contributed by atoms with Gasteiger partial charge in [0.05, 0.1) is 17.2 Å². The third kappa shape index (κ3) is 2.07. The van der Waals surface area contributed by atoms with Crippen LogP contribution < -0.4 is 11.0 Å². The Morgan fingerprint density at radius 3 is 3.00 bits per heavy atom. The largest absolute Gasteiger partial charge is 0.334 e. The molecule has 3 aromatic rings. The number of nitrogens with one attached hydrogen (secondary N) is 2. The van der Waals surface area contributed by atoms with Crippen LogP contribution in [0.4, 0.5) is 10.5 Å². The molecule has 0 fully saturated rings. The van der Waals surface area contributed by atoms with Crippen molar-refractivity contribution >= 4 is 22.8 Å². The Labute approximate surface area is 114 Å². The number of H-pyrrole nitrogens is 1. The Morgan fingerprint density at radius 2 is 2.20 bits per heavy atom. The Balaban J connectivity index is 2.01. The number of imidazole rings is 1. The smallest absolute Gasteiger partial charge is 0.307 e. The molecule has 20 heavy (non-hydrogen) atoms. The van der Waals surface area contributed by atoms with Crippen LogP contribution in [0.5, 0.6) is 0 Å². The quantitative estimate of drug-likeness (QED) is 0.709. The summed E-state index contributed by atoms with van der Waals surface area (Å²) >= 11 is 0. The number of carbonyl (C=O) groups is 1. The predicted octanol–water partition coefficient (Wildman–Crippen LogP) is 2.11. The molecular formula is C14H12N4O2. The third-order valence-electron chi connectivity index (χ3n) is 2.96. The number of benzene rings is 1. The second-order valence-electron chi connectivity index (χ2n) is 4.46. The number of aromatic amines is 1. The van der Waals surface area contributed by atoms with Gasteiger partial charge in [-0.05, 0) is 30.7 Å². The van der Waals surface area contributed by atoms with E-state index in [9.17, 15) is 9.59 Å². The van der Waals surface area contributed by atoms with Crippen molar-refractivity contribution in [3.8, 4) is 0 Å². The van der Waals surface area contributed by atoms with E-state index in [2.05, 4.69) is 15.3 Å². The van der Waals surface area contributed by atoms with E-state index < -0.39 is 11.7 Å². The number of hydrogen-bond acceptors (Lipinski definition) is 3. The maximum atomic E-state index is 12.2. The summed E-state index contributed by atoms with van der Waals surface area (Å²) in [6, 6.07) is 8.49. The van der Waals surface area contributed by atoms with Gasteiger partial charge in [0, 0.05) is 11.9 Å². The number of hydrogen-bond donors (Lipinski definition) is 2. The van der Waals surface area contributed by atoms with Crippen LogP contribution in [-0.4, -0.2) is 20.6 Å². The summed E-state index contributed by atoms with van der Waals surface area (Å²) in [5.41, 5.74) is 2.20. The minimum Gasteiger partial charge on any atom is -0.307 e. The zero-order valence-corrected chi connectivity index (χ0v) is 10.8. The zero-order chi connectivity index (χ0) is 14.1. The van der Waals surface area contributed by atoms with E-state index in [0.29, 0.717) is 16.7 Å². The molecule has 0 spiro atoms. The summed E-state index contributed by atoms with van der Waals surface area (Å²) in [5, 5.41) is 2.70. The van der Waals surface area contributed by atoms with Crippen molar-refractivity contribution in [3.05, 3.63) is 58.8 Å². The lowest BCUT2D eigenvalue weighted by Crippen LogP contribution is -2.29. The van der Waals surface area contributed by atoms with E-state index in [-0.39, 0.29) is 0 Å². The molecule has 100 valence electrons. The summed E-state index contributed by atoms with van der Waals surface area (Å²) in [7, 11) is 0. The Hall–Kier alpha value is -2.89. The van der Waals surface area contributed by atoms with Crippen molar-refractivity contribution in [3.63, 3.8) is 0 Å². The van der Waals surface area contributed by atoms with Gasteiger partial charge in [0.2, 0.25) is 0 Å². The van der Waals surface area contributed by atoms with E-state index >= 15 is 0 Å². The van der Waals surface area contributed by atoms with Crippen LogP contribution in [0, 0.1) is 6.92 Å². The molecule has 2 N–H and O–H groups in total. The number of amides is 1. The van der Waals surface area contributed by atoms with Crippen molar-refractivity contribution in [2.24, 2.45) is 0 Å². The molecular weight excluding hydrogens is 256 g/mol. The summed E-state index contributed by atoms with van der Waals surface area (Å²) in [6.07, 6.45) is 3.04. The molecule has 0 radical (unpaired) electrons. The number of aromatic nitrogens is 3. The Morgan fingerprint density at radius 1 is 1.35 bits per heavy atom. The van der Waals surface area contributed by atoms with Crippen LogP contribution in [0.1, 0.15) is 5.56 Å². The fourth-order valence-electron chi connectivity index (χ4n) is 2.06. The number of carbonyl (C=O) groups excluding carboxylic acids is 1. The molecule has 0 aliphatic carbocycles. The normalized spacial score (nSPS) is 10.7. The zero-order valence-electron chi connectivity index (χ0n) is 10.8. The van der Waals surface area contributed by atoms with Gasteiger partial charge in [-0.15, -0.1) is 0 Å². The van der Waals surface area contributed by atoms with Gasteiger partial charge in [0.1, 0.15) is 0 Å². The summed E-state index contributed by atoms with van der Waals surface area (Å²) in [4.78, 5) is 30.6. The van der Waals surface area contributed by atoms with Gasteiger partial charge < -0.3 is 10.3 Å². The first-order chi connectivity index (χ1) is 9.65.